The van der Waals surface area contributed by atoms with Crippen molar-refractivity contribution >= 4 is 11.7 Å². The molecule has 0 radical (unpaired) electrons. The lowest BCUT2D eigenvalue weighted by Crippen LogP contribution is -2.26. The molecule has 0 spiro atoms. The van der Waals surface area contributed by atoms with Gasteiger partial charge in [0.15, 0.2) is 6.19 Å². The minimum atomic E-state index is -0.400. The van der Waals surface area contributed by atoms with E-state index in [1.54, 1.807) is 19.1 Å². The Kier molecular flexibility index (Phi) is 4.17. The quantitative estimate of drug-likeness (QED) is 0.424. The second-order valence-corrected chi connectivity index (χ2v) is 2.83. The average molecular weight is 204 g/mol. The summed E-state index contributed by atoms with van der Waals surface area (Å²) in [5.74, 6) is -0.400. The minimum Gasteiger partial charge on any atom is -0.465 e. The number of hydrogen-bond acceptors (Lipinski definition) is 4. The molecular formula is C11H12N2O2. The van der Waals surface area contributed by atoms with Gasteiger partial charge >= 0.3 is 5.97 Å². The van der Waals surface area contributed by atoms with Gasteiger partial charge in [0.05, 0.1) is 12.3 Å². The molecular weight excluding hydrogens is 192 g/mol. The van der Waals surface area contributed by atoms with Crippen LogP contribution < -0.4 is 4.90 Å². The number of benzene rings is 1. The van der Waals surface area contributed by atoms with Crippen molar-refractivity contribution in [1.82, 2.24) is 0 Å². The summed E-state index contributed by atoms with van der Waals surface area (Å²) in [7, 11) is 0. The minimum absolute atomic E-state index is 0.0473. The Morgan fingerprint density at radius 2 is 2.13 bits per heavy atom. The van der Waals surface area contributed by atoms with Crippen LogP contribution in [0.15, 0.2) is 30.3 Å². The number of nitrogens with zero attached hydrogens (tertiary/aromatic N) is 2. The van der Waals surface area contributed by atoms with Crippen LogP contribution in [0.5, 0.6) is 0 Å². The highest BCUT2D eigenvalue weighted by Gasteiger charge is 2.10. The molecule has 0 aromatic heterocycles. The lowest BCUT2D eigenvalue weighted by molar-refractivity contribution is -0.141. The molecule has 0 N–H and O–H groups in total. The number of hydrogen-bond donors (Lipinski definition) is 0. The molecule has 0 saturated heterocycles. The highest BCUT2D eigenvalue weighted by Crippen LogP contribution is 2.11. The fourth-order valence-corrected chi connectivity index (χ4v) is 1.13. The van der Waals surface area contributed by atoms with Crippen LogP contribution in [0.1, 0.15) is 6.92 Å². The summed E-state index contributed by atoms with van der Waals surface area (Å²) in [5, 5.41) is 8.86. The van der Waals surface area contributed by atoms with Crippen LogP contribution in [0.4, 0.5) is 5.69 Å². The lowest BCUT2D eigenvalue weighted by atomic mass is 10.3. The number of anilines is 1. The van der Waals surface area contributed by atoms with E-state index in [1.807, 2.05) is 24.4 Å². The molecule has 4 heteroatoms. The van der Waals surface area contributed by atoms with Gasteiger partial charge in [0.1, 0.15) is 6.54 Å². The monoisotopic (exact) mass is 204 g/mol. The number of rotatable bonds is 4. The van der Waals surface area contributed by atoms with Crippen molar-refractivity contribution in [2.45, 2.75) is 6.92 Å². The van der Waals surface area contributed by atoms with E-state index in [9.17, 15) is 4.79 Å². The molecule has 0 bridgehead atoms. The first-order chi connectivity index (χ1) is 7.27. The number of ether oxygens (including phenoxy) is 1. The molecule has 0 aliphatic carbocycles. The van der Waals surface area contributed by atoms with Gasteiger partial charge in [-0.3, -0.25) is 9.69 Å². The van der Waals surface area contributed by atoms with Crippen LogP contribution in [0.3, 0.4) is 0 Å². The van der Waals surface area contributed by atoms with Crippen molar-refractivity contribution in [2.24, 2.45) is 0 Å². The zero-order valence-corrected chi connectivity index (χ0v) is 8.51. The zero-order chi connectivity index (χ0) is 11.1. The van der Waals surface area contributed by atoms with E-state index in [4.69, 9.17) is 10.00 Å². The van der Waals surface area contributed by atoms with Crippen LogP contribution >= 0.6 is 0 Å². The molecule has 1 aromatic rings. The average Bonchev–Trinajstić information content (AvgIpc) is 2.27. The molecule has 0 heterocycles. The summed E-state index contributed by atoms with van der Waals surface area (Å²) >= 11 is 0. The predicted octanol–water partition coefficient (Wildman–Crippen LogP) is 1.54. The van der Waals surface area contributed by atoms with Crippen LogP contribution in [0.2, 0.25) is 0 Å². The van der Waals surface area contributed by atoms with Gasteiger partial charge in [0.2, 0.25) is 0 Å². The predicted molar refractivity (Wildman–Crippen MR) is 56.0 cm³/mol. The maximum atomic E-state index is 11.2. The normalized spacial score (nSPS) is 9.07. The SMILES string of the molecule is CCOC(=O)CN(C#N)c1ccccc1. The Morgan fingerprint density at radius 1 is 1.47 bits per heavy atom. The number of esters is 1. The Balaban J connectivity index is 2.66. The van der Waals surface area contributed by atoms with E-state index in [2.05, 4.69) is 0 Å². The fourth-order valence-electron chi connectivity index (χ4n) is 1.13. The molecule has 0 aliphatic heterocycles. The van der Waals surface area contributed by atoms with Gasteiger partial charge < -0.3 is 4.74 Å². The largest absolute Gasteiger partial charge is 0.465 e. The third-order valence-electron chi connectivity index (χ3n) is 1.78. The Bertz CT molecular complexity index is 357. The van der Waals surface area contributed by atoms with Crippen molar-refractivity contribution in [3.63, 3.8) is 0 Å². The van der Waals surface area contributed by atoms with Crippen LogP contribution in [-0.4, -0.2) is 19.1 Å². The topological polar surface area (TPSA) is 53.3 Å². The highest BCUT2D eigenvalue weighted by atomic mass is 16.5. The number of para-hydroxylation sites is 1. The van der Waals surface area contributed by atoms with Crippen molar-refractivity contribution < 1.29 is 9.53 Å². The molecule has 78 valence electrons. The summed E-state index contributed by atoms with van der Waals surface area (Å²) < 4.78 is 4.76. The molecule has 0 unspecified atom stereocenters. The van der Waals surface area contributed by atoms with Crippen LogP contribution in [0.25, 0.3) is 0 Å². The number of nitriles is 1. The standard InChI is InChI=1S/C11H12N2O2/c1-2-15-11(14)8-13(9-12)10-6-4-3-5-7-10/h3-7H,2,8H2,1H3. The first-order valence-corrected chi connectivity index (χ1v) is 4.66. The van der Waals surface area contributed by atoms with Gasteiger partial charge in [-0.05, 0) is 19.1 Å². The maximum Gasteiger partial charge on any atom is 0.326 e. The molecule has 4 nitrogen and oxygen atoms in total. The Hall–Kier alpha value is -2.02. The van der Waals surface area contributed by atoms with Crippen molar-refractivity contribution in [2.75, 3.05) is 18.1 Å². The summed E-state index contributed by atoms with van der Waals surface area (Å²) in [6.07, 6.45) is 1.94. The first kappa shape index (κ1) is 11.1. The van der Waals surface area contributed by atoms with E-state index >= 15 is 0 Å². The van der Waals surface area contributed by atoms with Crippen molar-refractivity contribution in [3.8, 4) is 6.19 Å². The Labute approximate surface area is 88.7 Å². The van der Waals surface area contributed by atoms with Gasteiger partial charge in [-0.15, -0.1) is 0 Å². The lowest BCUT2D eigenvalue weighted by Gasteiger charge is -2.13. The number of carbonyl (C=O) groups excluding carboxylic acids is 1. The molecule has 0 aliphatic rings. The number of carbonyl (C=O) groups is 1. The van der Waals surface area contributed by atoms with Crippen molar-refractivity contribution in [1.29, 1.82) is 5.26 Å². The molecule has 0 fully saturated rings. The summed E-state index contributed by atoms with van der Waals surface area (Å²) in [6.45, 7) is 2.01. The van der Waals surface area contributed by atoms with Gasteiger partial charge in [-0.1, -0.05) is 18.2 Å². The van der Waals surface area contributed by atoms with Gasteiger partial charge in [-0.2, -0.15) is 5.26 Å². The van der Waals surface area contributed by atoms with E-state index in [0.717, 1.165) is 0 Å². The van der Waals surface area contributed by atoms with Crippen molar-refractivity contribution in [3.05, 3.63) is 30.3 Å². The van der Waals surface area contributed by atoms with E-state index < -0.39 is 5.97 Å². The van der Waals surface area contributed by atoms with E-state index in [0.29, 0.717) is 12.3 Å². The fraction of sp³-hybridized carbons (Fsp3) is 0.273. The van der Waals surface area contributed by atoms with Crippen LogP contribution in [-0.2, 0) is 9.53 Å². The summed E-state index contributed by atoms with van der Waals surface area (Å²) in [4.78, 5) is 12.5. The molecule has 1 rings (SSSR count). The maximum absolute atomic E-state index is 11.2. The van der Waals surface area contributed by atoms with Gasteiger partial charge in [0, 0.05) is 0 Å². The Morgan fingerprint density at radius 3 is 2.67 bits per heavy atom. The van der Waals surface area contributed by atoms with Gasteiger partial charge in [0.25, 0.3) is 0 Å². The third-order valence-corrected chi connectivity index (χ3v) is 1.78. The second-order valence-electron chi connectivity index (χ2n) is 2.83. The summed E-state index contributed by atoms with van der Waals surface area (Å²) in [5.41, 5.74) is 0.688. The highest BCUT2D eigenvalue weighted by molar-refractivity contribution is 5.76. The molecule has 0 saturated carbocycles. The first-order valence-electron chi connectivity index (χ1n) is 4.66. The zero-order valence-electron chi connectivity index (χ0n) is 8.51. The smallest absolute Gasteiger partial charge is 0.326 e. The third kappa shape index (κ3) is 3.31. The van der Waals surface area contributed by atoms with Crippen LogP contribution in [0, 0.1) is 11.5 Å². The molecule has 1 aromatic carbocycles. The second kappa shape index (κ2) is 5.66. The molecule has 15 heavy (non-hydrogen) atoms. The van der Waals surface area contributed by atoms with E-state index in [-0.39, 0.29) is 6.54 Å². The molecule has 0 amide bonds. The van der Waals surface area contributed by atoms with Gasteiger partial charge in [-0.25, -0.2) is 0 Å². The summed E-state index contributed by atoms with van der Waals surface area (Å²) in [6, 6.07) is 9.00. The molecule has 0 atom stereocenters. The van der Waals surface area contributed by atoms with E-state index in [1.165, 1.54) is 4.90 Å².